The number of benzene rings is 2. The largest absolute Gasteiger partial charge is 0.398 e. The molecule has 21 heavy (non-hydrogen) atoms. The predicted molar refractivity (Wildman–Crippen MR) is 87.4 cm³/mol. The Morgan fingerprint density at radius 1 is 0.857 bits per heavy atom. The highest BCUT2D eigenvalue weighted by Crippen LogP contribution is 2.24. The molecule has 0 spiro atoms. The van der Waals surface area contributed by atoms with E-state index >= 15 is 0 Å². The standard InChI is InChI=1S/C17H17NO2.ClH/c1-10-11(2)14(9-15(18)12(10)3)17(20)16(19)13-7-5-4-6-8-13;/h4-9H,18H2,1-3H3;1H. The van der Waals surface area contributed by atoms with Gasteiger partial charge >= 0.3 is 0 Å². The van der Waals surface area contributed by atoms with Crippen LogP contribution in [0.3, 0.4) is 0 Å². The molecule has 0 radical (unpaired) electrons. The van der Waals surface area contributed by atoms with E-state index in [1.165, 1.54) is 0 Å². The second-order valence-electron chi connectivity index (χ2n) is 4.91. The first-order valence-electron chi connectivity index (χ1n) is 6.43. The van der Waals surface area contributed by atoms with Gasteiger partial charge in [-0.05, 0) is 43.5 Å². The molecule has 0 atom stereocenters. The first-order valence-corrected chi connectivity index (χ1v) is 6.43. The Morgan fingerprint density at radius 3 is 2.00 bits per heavy atom. The molecule has 0 heterocycles. The van der Waals surface area contributed by atoms with Gasteiger partial charge in [-0.2, -0.15) is 0 Å². The Bertz CT molecular complexity index is 694. The summed E-state index contributed by atoms with van der Waals surface area (Å²) in [5, 5.41) is 0. The zero-order valence-corrected chi connectivity index (χ0v) is 13.1. The average molecular weight is 304 g/mol. The Balaban J connectivity index is 0.00000220. The van der Waals surface area contributed by atoms with E-state index in [0.717, 1.165) is 16.7 Å². The van der Waals surface area contributed by atoms with Crippen molar-refractivity contribution in [2.24, 2.45) is 0 Å². The van der Waals surface area contributed by atoms with Crippen LogP contribution >= 0.6 is 12.4 Å². The van der Waals surface area contributed by atoms with Gasteiger partial charge in [-0.25, -0.2) is 0 Å². The van der Waals surface area contributed by atoms with Crippen LogP contribution in [-0.2, 0) is 0 Å². The van der Waals surface area contributed by atoms with Crippen LogP contribution < -0.4 is 5.73 Å². The summed E-state index contributed by atoms with van der Waals surface area (Å²) < 4.78 is 0. The van der Waals surface area contributed by atoms with Gasteiger partial charge < -0.3 is 5.73 Å². The molecule has 0 bridgehead atoms. The topological polar surface area (TPSA) is 60.2 Å². The molecular weight excluding hydrogens is 286 g/mol. The van der Waals surface area contributed by atoms with E-state index in [4.69, 9.17) is 5.73 Å². The van der Waals surface area contributed by atoms with Crippen LogP contribution in [0.4, 0.5) is 5.69 Å². The SMILES string of the molecule is Cc1c(N)cc(C(=O)C(=O)c2ccccc2)c(C)c1C.Cl. The molecule has 0 unspecified atom stereocenters. The molecule has 2 rings (SSSR count). The molecule has 0 aliphatic carbocycles. The lowest BCUT2D eigenvalue weighted by Gasteiger charge is -2.12. The lowest BCUT2D eigenvalue weighted by atomic mass is 9.92. The van der Waals surface area contributed by atoms with Gasteiger partial charge in [0.05, 0.1) is 0 Å². The number of rotatable bonds is 3. The van der Waals surface area contributed by atoms with E-state index in [2.05, 4.69) is 0 Å². The van der Waals surface area contributed by atoms with Crippen LogP contribution in [0.2, 0.25) is 0 Å². The van der Waals surface area contributed by atoms with Gasteiger partial charge in [0.25, 0.3) is 0 Å². The third-order valence-corrected chi connectivity index (χ3v) is 3.75. The summed E-state index contributed by atoms with van der Waals surface area (Å²) in [7, 11) is 0. The minimum absolute atomic E-state index is 0. The van der Waals surface area contributed by atoms with Gasteiger partial charge in [0.2, 0.25) is 11.6 Å². The first-order chi connectivity index (χ1) is 9.43. The number of nitrogen functional groups attached to an aromatic ring is 1. The van der Waals surface area contributed by atoms with Crippen molar-refractivity contribution in [1.82, 2.24) is 0 Å². The van der Waals surface area contributed by atoms with Gasteiger partial charge in [-0.15, -0.1) is 12.4 Å². The van der Waals surface area contributed by atoms with Crippen molar-refractivity contribution in [2.45, 2.75) is 20.8 Å². The summed E-state index contributed by atoms with van der Waals surface area (Å²) in [6.07, 6.45) is 0. The third-order valence-electron chi connectivity index (χ3n) is 3.75. The summed E-state index contributed by atoms with van der Waals surface area (Å²) in [5.74, 6) is -1.01. The number of nitrogens with two attached hydrogens (primary N) is 1. The summed E-state index contributed by atoms with van der Waals surface area (Å²) in [4.78, 5) is 24.6. The molecule has 0 saturated heterocycles. The van der Waals surface area contributed by atoms with Crippen molar-refractivity contribution in [3.8, 4) is 0 Å². The van der Waals surface area contributed by atoms with Crippen LogP contribution in [0.1, 0.15) is 37.4 Å². The minimum Gasteiger partial charge on any atom is -0.398 e. The molecule has 0 saturated carbocycles. The maximum absolute atomic E-state index is 12.4. The number of anilines is 1. The number of Topliss-reactive ketones (excluding diaryl/α,β-unsaturated/α-hetero) is 2. The summed E-state index contributed by atoms with van der Waals surface area (Å²) in [6.45, 7) is 5.66. The van der Waals surface area contributed by atoms with Gasteiger partial charge in [-0.3, -0.25) is 9.59 Å². The number of hydrogen-bond acceptors (Lipinski definition) is 3. The molecule has 0 aliphatic heterocycles. The Hall–Kier alpha value is -2.13. The van der Waals surface area contributed by atoms with Gasteiger partial charge in [0, 0.05) is 16.8 Å². The number of halogens is 1. The molecule has 2 aromatic carbocycles. The van der Waals surface area contributed by atoms with E-state index in [1.54, 1.807) is 36.4 Å². The van der Waals surface area contributed by atoms with Crippen molar-refractivity contribution in [3.63, 3.8) is 0 Å². The van der Waals surface area contributed by atoms with Crippen LogP contribution in [0.25, 0.3) is 0 Å². The molecule has 0 aliphatic rings. The van der Waals surface area contributed by atoms with Crippen molar-refractivity contribution >= 4 is 29.7 Å². The fraction of sp³-hybridized carbons (Fsp3) is 0.176. The second kappa shape index (κ2) is 6.55. The molecule has 110 valence electrons. The smallest absolute Gasteiger partial charge is 0.233 e. The number of carbonyl (C=O) groups excluding carboxylic acids is 2. The van der Waals surface area contributed by atoms with E-state index < -0.39 is 11.6 Å². The van der Waals surface area contributed by atoms with Crippen molar-refractivity contribution in [1.29, 1.82) is 0 Å². The van der Waals surface area contributed by atoms with Crippen molar-refractivity contribution < 1.29 is 9.59 Å². The van der Waals surface area contributed by atoms with Crippen molar-refractivity contribution in [3.05, 3.63) is 64.2 Å². The molecule has 0 fully saturated rings. The summed E-state index contributed by atoms with van der Waals surface area (Å²) in [6, 6.07) is 10.2. The molecule has 2 N–H and O–H groups in total. The van der Waals surface area contributed by atoms with Crippen LogP contribution in [0.5, 0.6) is 0 Å². The van der Waals surface area contributed by atoms with E-state index in [1.807, 2.05) is 20.8 Å². The van der Waals surface area contributed by atoms with Gasteiger partial charge in [0.1, 0.15) is 0 Å². The predicted octanol–water partition coefficient (Wildman–Crippen LogP) is 3.68. The highest BCUT2D eigenvalue weighted by atomic mass is 35.5. The normalized spacial score (nSPS) is 9.86. The number of hydrogen-bond donors (Lipinski definition) is 1. The summed E-state index contributed by atoms with van der Waals surface area (Å²) in [5.41, 5.74) is 9.94. The fourth-order valence-electron chi connectivity index (χ4n) is 2.15. The quantitative estimate of drug-likeness (QED) is 0.534. The summed E-state index contributed by atoms with van der Waals surface area (Å²) >= 11 is 0. The highest BCUT2D eigenvalue weighted by Gasteiger charge is 2.21. The lowest BCUT2D eigenvalue weighted by molar-refractivity contribution is 0.0816. The van der Waals surface area contributed by atoms with E-state index in [9.17, 15) is 9.59 Å². The Kier molecular flexibility index (Phi) is 5.28. The zero-order valence-electron chi connectivity index (χ0n) is 12.3. The first kappa shape index (κ1) is 16.9. The van der Waals surface area contributed by atoms with Gasteiger partial charge in [-0.1, -0.05) is 30.3 Å². The maximum atomic E-state index is 12.4. The molecule has 0 amide bonds. The highest BCUT2D eigenvalue weighted by molar-refractivity contribution is 6.49. The number of carbonyl (C=O) groups is 2. The molecule has 4 heteroatoms. The molecule has 3 nitrogen and oxygen atoms in total. The van der Waals surface area contributed by atoms with Crippen molar-refractivity contribution in [2.75, 3.05) is 5.73 Å². The van der Waals surface area contributed by atoms with Crippen LogP contribution in [-0.4, -0.2) is 11.6 Å². The fourth-order valence-corrected chi connectivity index (χ4v) is 2.15. The molecule has 2 aromatic rings. The minimum atomic E-state index is -0.511. The van der Waals surface area contributed by atoms with Crippen LogP contribution in [0, 0.1) is 20.8 Å². The monoisotopic (exact) mass is 303 g/mol. The Labute approximate surface area is 130 Å². The lowest BCUT2D eigenvalue weighted by Crippen LogP contribution is -2.17. The average Bonchev–Trinajstić information content (AvgIpc) is 2.48. The second-order valence-corrected chi connectivity index (χ2v) is 4.91. The van der Waals surface area contributed by atoms with E-state index in [0.29, 0.717) is 16.8 Å². The molecular formula is C17H18ClNO2. The van der Waals surface area contributed by atoms with E-state index in [-0.39, 0.29) is 12.4 Å². The van der Waals surface area contributed by atoms with Crippen LogP contribution in [0.15, 0.2) is 36.4 Å². The van der Waals surface area contributed by atoms with Gasteiger partial charge in [0.15, 0.2) is 0 Å². The third kappa shape index (κ3) is 3.14. The maximum Gasteiger partial charge on any atom is 0.233 e. The Morgan fingerprint density at radius 2 is 1.43 bits per heavy atom. The number of ketones is 2. The molecule has 0 aromatic heterocycles. The zero-order chi connectivity index (χ0) is 14.9.